The minimum atomic E-state index is -0.258. The Hall–Kier alpha value is -1.93. The standard InChI is InChI=1S/C9H11ClN6O2/c10-9-15-7(6-8(16-9)14-4-13-6)12-3-5(18)11-1-2-17/h4,17H,1-3H2,(H,11,18)(H2,12,13,14,15,16). The highest BCUT2D eigenvalue weighted by atomic mass is 35.5. The number of anilines is 1. The summed E-state index contributed by atoms with van der Waals surface area (Å²) in [6.07, 6.45) is 1.46. The molecule has 0 saturated heterocycles. The number of imidazole rings is 1. The summed E-state index contributed by atoms with van der Waals surface area (Å²) in [4.78, 5) is 26.0. The van der Waals surface area contributed by atoms with Crippen molar-refractivity contribution in [2.45, 2.75) is 0 Å². The van der Waals surface area contributed by atoms with Crippen molar-refractivity contribution < 1.29 is 9.90 Å². The average Bonchev–Trinajstić information content (AvgIpc) is 2.81. The molecule has 8 nitrogen and oxygen atoms in total. The van der Waals surface area contributed by atoms with Crippen molar-refractivity contribution in [2.24, 2.45) is 0 Å². The Kier molecular flexibility index (Phi) is 3.90. The van der Waals surface area contributed by atoms with Gasteiger partial charge in [0.25, 0.3) is 0 Å². The Balaban J connectivity index is 2.07. The van der Waals surface area contributed by atoms with Gasteiger partial charge in [0, 0.05) is 6.54 Å². The molecule has 0 aliphatic rings. The van der Waals surface area contributed by atoms with Gasteiger partial charge < -0.3 is 20.7 Å². The molecule has 0 radical (unpaired) electrons. The van der Waals surface area contributed by atoms with Gasteiger partial charge in [0.1, 0.15) is 5.52 Å². The molecule has 2 aromatic rings. The Morgan fingerprint density at radius 1 is 1.50 bits per heavy atom. The number of aromatic nitrogens is 4. The summed E-state index contributed by atoms with van der Waals surface area (Å²) in [6, 6.07) is 0. The van der Waals surface area contributed by atoms with Gasteiger partial charge in [-0.1, -0.05) is 0 Å². The zero-order valence-electron chi connectivity index (χ0n) is 9.27. The van der Waals surface area contributed by atoms with E-state index in [-0.39, 0.29) is 30.9 Å². The van der Waals surface area contributed by atoms with Crippen LogP contribution in [0.2, 0.25) is 5.28 Å². The number of hydrogen-bond acceptors (Lipinski definition) is 6. The van der Waals surface area contributed by atoms with Gasteiger partial charge in [0.05, 0.1) is 19.5 Å². The van der Waals surface area contributed by atoms with Crippen molar-refractivity contribution in [3.8, 4) is 0 Å². The number of rotatable bonds is 5. The van der Waals surface area contributed by atoms with Crippen LogP contribution in [0, 0.1) is 0 Å². The third kappa shape index (κ3) is 2.84. The summed E-state index contributed by atoms with van der Waals surface area (Å²) >= 11 is 5.73. The van der Waals surface area contributed by atoms with Gasteiger partial charge in [-0.15, -0.1) is 0 Å². The van der Waals surface area contributed by atoms with E-state index in [9.17, 15) is 4.79 Å². The Bertz CT molecular complexity index is 557. The first kappa shape index (κ1) is 12.5. The number of aliphatic hydroxyl groups excluding tert-OH is 1. The molecule has 4 N–H and O–H groups in total. The number of fused-ring (bicyclic) bond motifs is 1. The number of carbonyl (C=O) groups excluding carboxylic acids is 1. The fraction of sp³-hybridized carbons (Fsp3) is 0.333. The maximum absolute atomic E-state index is 11.3. The summed E-state index contributed by atoms with van der Waals surface area (Å²) in [7, 11) is 0. The van der Waals surface area contributed by atoms with Crippen LogP contribution in [0.1, 0.15) is 0 Å². The lowest BCUT2D eigenvalue weighted by Gasteiger charge is -2.06. The van der Waals surface area contributed by atoms with Gasteiger partial charge in [-0.25, -0.2) is 4.98 Å². The topological polar surface area (TPSA) is 116 Å². The quantitative estimate of drug-likeness (QED) is 0.546. The van der Waals surface area contributed by atoms with E-state index in [4.69, 9.17) is 16.7 Å². The van der Waals surface area contributed by atoms with E-state index in [0.29, 0.717) is 17.0 Å². The van der Waals surface area contributed by atoms with E-state index in [1.165, 1.54) is 6.33 Å². The number of halogens is 1. The van der Waals surface area contributed by atoms with Crippen LogP contribution in [0.25, 0.3) is 11.2 Å². The minimum Gasteiger partial charge on any atom is -0.395 e. The molecule has 2 heterocycles. The average molecular weight is 271 g/mol. The fourth-order valence-electron chi connectivity index (χ4n) is 1.36. The molecule has 1 amide bonds. The first-order valence-corrected chi connectivity index (χ1v) is 5.56. The molecule has 18 heavy (non-hydrogen) atoms. The normalized spacial score (nSPS) is 10.6. The van der Waals surface area contributed by atoms with Crippen LogP contribution in [0.5, 0.6) is 0 Å². The van der Waals surface area contributed by atoms with Gasteiger partial charge in [-0.3, -0.25) is 4.79 Å². The van der Waals surface area contributed by atoms with Gasteiger partial charge in [-0.2, -0.15) is 9.97 Å². The third-order valence-electron chi connectivity index (χ3n) is 2.11. The summed E-state index contributed by atoms with van der Waals surface area (Å²) < 4.78 is 0. The maximum Gasteiger partial charge on any atom is 0.239 e. The zero-order chi connectivity index (χ0) is 13.0. The van der Waals surface area contributed by atoms with Crippen molar-refractivity contribution in [1.82, 2.24) is 25.3 Å². The third-order valence-corrected chi connectivity index (χ3v) is 2.28. The van der Waals surface area contributed by atoms with Gasteiger partial charge in [0.2, 0.25) is 11.2 Å². The number of amides is 1. The van der Waals surface area contributed by atoms with Crippen molar-refractivity contribution in [3.63, 3.8) is 0 Å². The van der Waals surface area contributed by atoms with E-state index >= 15 is 0 Å². The molecule has 0 aliphatic carbocycles. The van der Waals surface area contributed by atoms with Crippen molar-refractivity contribution >= 4 is 34.5 Å². The Morgan fingerprint density at radius 2 is 2.33 bits per heavy atom. The van der Waals surface area contributed by atoms with Crippen LogP contribution < -0.4 is 10.6 Å². The highest BCUT2D eigenvalue weighted by Gasteiger charge is 2.09. The second-order valence-electron chi connectivity index (χ2n) is 3.37. The molecule has 0 fully saturated rings. The van der Waals surface area contributed by atoms with E-state index in [1.54, 1.807) is 0 Å². The van der Waals surface area contributed by atoms with Crippen LogP contribution in [0.15, 0.2) is 6.33 Å². The smallest absolute Gasteiger partial charge is 0.239 e. The molecule has 0 atom stereocenters. The van der Waals surface area contributed by atoms with Crippen molar-refractivity contribution in [3.05, 3.63) is 11.6 Å². The van der Waals surface area contributed by atoms with Gasteiger partial charge in [0.15, 0.2) is 11.5 Å². The highest BCUT2D eigenvalue weighted by Crippen LogP contribution is 2.17. The lowest BCUT2D eigenvalue weighted by atomic mass is 10.4. The Labute approximate surface area is 107 Å². The molecule has 0 spiro atoms. The van der Waals surface area contributed by atoms with Crippen LogP contribution in [0.3, 0.4) is 0 Å². The molecule has 0 bridgehead atoms. The lowest BCUT2D eigenvalue weighted by molar-refractivity contribution is -0.119. The Morgan fingerprint density at radius 3 is 3.11 bits per heavy atom. The predicted molar refractivity (Wildman–Crippen MR) is 65.3 cm³/mol. The van der Waals surface area contributed by atoms with Crippen molar-refractivity contribution in [1.29, 1.82) is 0 Å². The maximum atomic E-state index is 11.3. The summed E-state index contributed by atoms with van der Waals surface area (Å²) in [5, 5.41) is 13.9. The molecule has 9 heteroatoms. The number of aliphatic hydroxyl groups is 1. The van der Waals surface area contributed by atoms with Gasteiger partial charge in [-0.05, 0) is 11.6 Å². The summed E-state index contributed by atoms with van der Waals surface area (Å²) in [5.41, 5.74) is 1.00. The number of aromatic amines is 1. The highest BCUT2D eigenvalue weighted by molar-refractivity contribution is 6.28. The van der Waals surface area contributed by atoms with E-state index in [0.717, 1.165) is 0 Å². The number of nitrogens with one attached hydrogen (secondary N) is 3. The SMILES string of the molecule is O=C(CNc1nc(Cl)nc2nc[nH]c12)NCCO. The molecule has 2 aromatic heterocycles. The van der Waals surface area contributed by atoms with E-state index < -0.39 is 0 Å². The molecule has 0 aromatic carbocycles. The summed E-state index contributed by atoms with van der Waals surface area (Å²) in [6.45, 7) is 0.127. The number of nitrogens with zero attached hydrogens (tertiary/aromatic N) is 3. The van der Waals surface area contributed by atoms with Crippen LogP contribution in [-0.4, -0.2) is 50.6 Å². The first-order valence-electron chi connectivity index (χ1n) is 5.18. The number of H-pyrrole nitrogens is 1. The zero-order valence-corrected chi connectivity index (χ0v) is 10.0. The monoisotopic (exact) mass is 270 g/mol. The second-order valence-corrected chi connectivity index (χ2v) is 3.71. The molecule has 96 valence electrons. The summed E-state index contributed by atoms with van der Waals surface area (Å²) in [5.74, 6) is 0.146. The van der Waals surface area contributed by atoms with Crippen LogP contribution >= 0.6 is 11.6 Å². The fourth-order valence-corrected chi connectivity index (χ4v) is 1.52. The van der Waals surface area contributed by atoms with Crippen LogP contribution in [-0.2, 0) is 4.79 Å². The van der Waals surface area contributed by atoms with E-state index in [1.807, 2.05) is 0 Å². The molecular weight excluding hydrogens is 260 g/mol. The lowest BCUT2D eigenvalue weighted by Crippen LogP contribution is -2.32. The van der Waals surface area contributed by atoms with Gasteiger partial charge >= 0.3 is 0 Å². The van der Waals surface area contributed by atoms with E-state index in [2.05, 4.69) is 30.6 Å². The molecule has 0 aliphatic heterocycles. The molecule has 0 unspecified atom stereocenters. The van der Waals surface area contributed by atoms with Crippen LogP contribution in [0.4, 0.5) is 5.82 Å². The number of carbonyl (C=O) groups is 1. The molecule has 0 saturated carbocycles. The molecule has 2 rings (SSSR count). The largest absolute Gasteiger partial charge is 0.395 e. The predicted octanol–water partition coefficient (Wildman–Crippen LogP) is -0.473. The number of hydrogen-bond donors (Lipinski definition) is 4. The minimum absolute atomic E-state index is 0.0153. The molecular formula is C9H11ClN6O2. The second kappa shape index (κ2) is 5.61. The first-order chi connectivity index (χ1) is 8.70. The van der Waals surface area contributed by atoms with Crippen molar-refractivity contribution in [2.75, 3.05) is 25.0 Å².